The summed E-state index contributed by atoms with van der Waals surface area (Å²) in [5.74, 6) is 0.149. The summed E-state index contributed by atoms with van der Waals surface area (Å²) in [6.07, 6.45) is 5.00. The molecule has 1 saturated carbocycles. The number of hydrogen-bond acceptors (Lipinski definition) is 5. The summed E-state index contributed by atoms with van der Waals surface area (Å²) in [6.45, 7) is 7.88. The Kier molecular flexibility index (Phi) is 6.31. The standard InChI is InChI=1S/C21H30N4O3/c1-13-5-7-17(8-6-13)23-20(26)12-28-21(27)10-9-18-15(3)22-19-11-14(2)24-25(19)16(18)4/h11,13,17H,5-10,12H2,1-4H3,(H,23,26). The molecule has 0 aliphatic heterocycles. The molecule has 0 aromatic carbocycles. The highest BCUT2D eigenvalue weighted by molar-refractivity contribution is 5.80. The Morgan fingerprint density at radius 3 is 2.64 bits per heavy atom. The van der Waals surface area contributed by atoms with Gasteiger partial charge in [0.15, 0.2) is 12.3 Å². The van der Waals surface area contributed by atoms with Crippen molar-refractivity contribution in [3.63, 3.8) is 0 Å². The zero-order valence-corrected chi connectivity index (χ0v) is 17.2. The molecule has 1 N–H and O–H groups in total. The van der Waals surface area contributed by atoms with Crippen LogP contribution < -0.4 is 5.32 Å². The molecular formula is C21H30N4O3. The second-order valence-corrected chi connectivity index (χ2v) is 8.00. The lowest BCUT2D eigenvalue weighted by atomic mass is 9.87. The summed E-state index contributed by atoms with van der Waals surface area (Å²) in [7, 11) is 0. The van der Waals surface area contributed by atoms with Crippen molar-refractivity contribution in [2.24, 2.45) is 5.92 Å². The first-order valence-electron chi connectivity index (χ1n) is 10.1. The van der Waals surface area contributed by atoms with Gasteiger partial charge in [-0.15, -0.1) is 0 Å². The molecule has 0 saturated heterocycles. The predicted octanol–water partition coefficient (Wildman–Crippen LogP) is 2.83. The van der Waals surface area contributed by atoms with Crippen molar-refractivity contribution in [1.29, 1.82) is 0 Å². The quantitative estimate of drug-likeness (QED) is 0.772. The zero-order chi connectivity index (χ0) is 20.3. The van der Waals surface area contributed by atoms with Crippen molar-refractivity contribution in [1.82, 2.24) is 19.9 Å². The van der Waals surface area contributed by atoms with E-state index in [-0.39, 0.29) is 30.9 Å². The first kappa shape index (κ1) is 20.3. The number of fused-ring (bicyclic) bond motifs is 1. The Hall–Kier alpha value is -2.44. The molecule has 2 aromatic rings. The molecule has 0 atom stereocenters. The highest BCUT2D eigenvalue weighted by Gasteiger charge is 2.20. The van der Waals surface area contributed by atoms with Crippen LogP contribution in [0, 0.1) is 26.7 Å². The minimum Gasteiger partial charge on any atom is -0.456 e. The lowest BCUT2D eigenvalue weighted by molar-refractivity contribution is -0.148. The Morgan fingerprint density at radius 2 is 1.93 bits per heavy atom. The monoisotopic (exact) mass is 386 g/mol. The second-order valence-electron chi connectivity index (χ2n) is 8.00. The molecule has 2 aromatic heterocycles. The maximum atomic E-state index is 12.1. The lowest BCUT2D eigenvalue weighted by Gasteiger charge is -2.26. The Bertz CT molecular complexity index is 866. The molecular weight excluding hydrogens is 356 g/mol. The van der Waals surface area contributed by atoms with Gasteiger partial charge in [-0.25, -0.2) is 9.50 Å². The second kappa shape index (κ2) is 8.71. The molecule has 0 radical (unpaired) electrons. The molecule has 1 aliphatic rings. The van der Waals surface area contributed by atoms with E-state index in [1.54, 1.807) is 0 Å². The lowest BCUT2D eigenvalue weighted by Crippen LogP contribution is -2.39. The van der Waals surface area contributed by atoms with Crippen LogP contribution in [-0.4, -0.2) is 39.1 Å². The van der Waals surface area contributed by atoms with Gasteiger partial charge >= 0.3 is 5.97 Å². The van der Waals surface area contributed by atoms with Crippen LogP contribution in [0.2, 0.25) is 0 Å². The van der Waals surface area contributed by atoms with Crippen molar-refractivity contribution < 1.29 is 14.3 Å². The van der Waals surface area contributed by atoms with Crippen LogP contribution in [0.15, 0.2) is 6.07 Å². The third kappa shape index (κ3) is 4.88. The summed E-state index contributed by atoms with van der Waals surface area (Å²) in [6, 6.07) is 2.15. The number of carbonyl (C=O) groups is 2. The fraction of sp³-hybridized carbons (Fsp3) is 0.619. The highest BCUT2D eigenvalue weighted by atomic mass is 16.5. The van der Waals surface area contributed by atoms with Crippen LogP contribution in [0.1, 0.15) is 61.7 Å². The Labute approximate surface area is 165 Å². The molecule has 2 heterocycles. The number of ether oxygens (including phenoxy) is 1. The number of esters is 1. The molecule has 3 rings (SSSR count). The molecule has 28 heavy (non-hydrogen) atoms. The van der Waals surface area contributed by atoms with E-state index < -0.39 is 0 Å². The molecule has 1 fully saturated rings. The van der Waals surface area contributed by atoms with Crippen LogP contribution in [-0.2, 0) is 20.7 Å². The number of rotatable bonds is 6. The summed E-state index contributed by atoms with van der Waals surface area (Å²) in [4.78, 5) is 28.7. The highest BCUT2D eigenvalue weighted by Crippen LogP contribution is 2.23. The van der Waals surface area contributed by atoms with Gasteiger partial charge in [0.2, 0.25) is 0 Å². The SMILES string of the molecule is Cc1cc2nc(C)c(CCC(=O)OCC(=O)NC3CCC(C)CC3)c(C)n2n1. The van der Waals surface area contributed by atoms with Gasteiger partial charge in [-0.1, -0.05) is 6.92 Å². The molecule has 0 unspecified atom stereocenters. The molecule has 0 bridgehead atoms. The number of hydrogen-bond donors (Lipinski definition) is 1. The normalized spacial score (nSPS) is 19.6. The van der Waals surface area contributed by atoms with Crippen LogP contribution >= 0.6 is 0 Å². The number of aryl methyl sites for hydroxylation is 3. The van der Waals surface area contributed by atoms with Gasteiger partial charge in [0.25, 0.3) is 5.91 Å². The largest absolute Gasteiger partial charge is 0.456 e. The van der Waals surface area contributed by atoms with E-state index in [1.807, 2.05) is 31.4 Å². The van der Waals surface area contributed by atoms with E-state index in [1.165, 1.54) is 0 Å². The fourth-order valence-corrected chi connectivity index (χ4v) is 3.92. The smallest absolute Gasteiger partial charge is 0.306 e. The predicted molar refractivity (Wildman–Crippen MR) is 106 cm³/mol. The van der Waals surface area contributed by atoms with Gasteiger partial charge < -0.3 is 10.1 Å². The zero-order valence-electron chi connectivity index (χ0n) is 17.2. The summed E-state index contributed by atoms with van der Waals surface area (Å²) < 4.78 is 6.97. The molecule has 0 spiro atoms. The Morgan fingerprint density at radius 1 is 1.21 bits per heavy atom. The summed E-state index contributed by atoms with van der Waals surface area (Å²) in [5.41, 5.74) is 4.58. The van der Waals surface area contributed by atoms with Gasteiger partial charge in [-0.3, -0.25) is 9.59 Å². The topological polar surface area (TPSA) is 85.6 Å². The average Bonchev–Trinajstić information content (AvgIpc) is 3.02. The van der Waals surface area contributed by atoms with E-state index >= 15 is 0 Å². The maximum Gasteiger partial charge on any atom is 0.306 e. The number of carbonyl (C=O) groups excluding carboxylic acids is 2. The van der Waals surface area contributed by atoms with Crippen molar-refractivity contribution in [3.8, 4) is 0 Å². The van der Waals surface area contributed by atoms with Crippen molar-refractivity contribution in [2.75, 3.05) is 6.61 Å². The van der Waals surface area contributed by atoms with Gasteiger partial charge in [0, 0.05) is 29.9 Å². The first-order valence-corrected chi connectivity index (χ1v) is 10.1. The number of aromatic nitrogens is 3. The maximum absolute atomic E-state index is 12.1. The van der Waals surface area contributed by atoms with Crippen molar-refractivity contribution in [3.05, 3.63) is 28.7 Å². The molecule has 1 aliphatic carbocycles. The van der Waals surface area contributed by atoms with Gasteiger partial charge in [-0.05, 0) is 64.4 Å². The third-order valence-electron chi connectivity index (χ3n) is 5.61. The Balaban J connectivity index is 1.48. The van der Waals surface area contributed by atoms with Crippen LogP contribution in [0.5, 0.6) is 0 Å². The van der Waals surface area contributed by atoms with E-state index in [4.69, 9.17) is 4.74 Å². The van der Waals surface area contributed by atoms with Gasteiger partial charge in [0.1, 0.15) is 0 Å². The summed E-state index contributed by atoms with van der Waals surface area (Å²) >= 11 is 0. The van der Waals surface area contributed by atoms with E-state index in [9.17, 15) is 9.59 Å². The van der Waals surface area contributed by atoms with Gasteiger partial charge in [-0.2, -0.15) is 5.10 Å². The fourth-order valence-electron chi connectivity index (χ4n) is 3.92. The van der Waals surface area contributed by atoms with Gasteiger partial charge in [0.05, 0.1) is 5.69 Å². The van der Waals surface area contributed by atoms with Crippen LogP contribution in [0.25, 0.3) is 5.65 Å². The molecule has 1 amide bonds. The van der Waals surface area contributed by atoms with E-state index in [2.05, 4.69) is 22.3 Å². The van der Waals surface area contributed by atoms with E-state index in [0.717, 1.165) is 59.9 Å². The molecule has 7 heteroatoms. The number of nitrogens with zero attached hydrogens (tertiary/aromatic N) is 3. The minimum absolute atomic E-state index is 0.210. The molecule has 7 nitrogen and oxygen atoms in total. The summed E-state index contributed by atoms with van der Waals surface area (Å²) in [5, 5.41) is 7.42. The number of nitrogens with one attached hydrogen (secondary N) is 1. The minimum atomic E-state index is -0.372. The first-order chi connectivity index (χ1) is 13.3. The van der Waals surface area contributed by atoms with Crippen molar-refractivity contribution >= 4 is 17.5 Å². The van der Waals surface area contributed by atoms with E-state index in [0.29, 0.717) is 6.42 Å². The number of amides is 1. The van der Waals surface area contributed by atoms with Crippen molar-refractivity contribution in [2.45, 2.75) is 72.3 Å². The molecule has 152 valence electrons. The average molecular weight is 386 g/mol. The third-order valence-corrected chi connectivity index (χ3v) is 5.61. The van der Waals surface area contributed by atoms with Crippen LogP contribution in [0.3, 0.4) is 0 Å². The van der Waals surface area contributed by atoms with Crippen LogP contribution in [0.4, 0.5) is 0 Å².